The summed E-state index contributed by atoms with van der Waals surface area (Å²) in [6, 6.07) is 6.92. The van der Waals surface area contributed by atoms with Crippen molar-refractivity contribution in [3.63, 3.8) is 0 Å². The summed E-state index contributed by atoms with van der Waals surface area (Å²) in [5.41, 5.74) is 7.56. The third-order valence-electron chi connectivity index (χ3n) is 3.63. The van der Waals surface area contributed by atoms with E-state index in [1.807, 2.05) is 6.07 Å². The summed E-state index contributed by atoms with van der Waals surface area (Å²) in [7, 11) is 0. The number of halogens is 3. The zero-order valence-electron chi connectivity index (χ0n) is 11.6. The average Bonchev–Trinajstić information content (AvgIpc) is 2.66. The van der Waals surface area contributed by atoms with Crippen LogP contribution in [0.15, 0.2) is 42.7 Å². The molecule has 1 aliphatic heterocycles. The Bertz CT molecular complexity index is 808. The minimum atomic E-state index is -4.33. The molecule has 0 radical (unpaired) electrons. The third-order valence-corrected chi connectivity index (χ3v) is 3.63. The number of benzene rings is 1. The molecule has 0 saturated carbocycles. The van der Waals surface area contributed by atoms with Gasteiger partial charge in [-0.3, -0.25) is 4.98 Å². The zero-order valence-corrected chi connectivity index (χ0v) is 11.6. The first-order chi connectivity index (χ1) is 10.5. The second-order valence-corrected chi connectivity index (χ2v) is 5.07. The van der Waals surface area contributed by atoms with Crippen LogP contribution in [-0.2, 0) is 6.18 Å². The molecule has 114 valence electrons. The van der Waals surface area contributed by atoms with Crippen molar-refractivity contribution >= 4 is 11.4 Å². The van der Waals surface area contributed by atoms with Crippen molar-refractivity contribution < 1.29 is 13.2 Å². The lowest BCUT2D eigenvalue weighted by molar-refractivity contribution is -0.137. The van der Waals surface area contributed by atoms with E-state index in [9.17, 15) is 13.2 Å². The maximum absolute atomic E-state index is 12.7. The van der Waals surface area contributed by atoms with E-state index in [-0.39, 0.29) is 0 Å². The fourth-order valence-corrected chi connectivity index (χ4v) is 2.50. The quantitative estimate of drug-likeness (QED) is 0.835. The fourth-order valence-electron chi connectivity index (χ4n) is 2.50. The van der Waals surface area contributed by atoms with Gasteiger partial charge in [-0.25, -0.2) is 0 Å². The van der Waals surface area contributed by atoms with Crippen molar-refractivity contribution in [2.45, 2.75) is 12.6 Å². The highest BCUT2D eigenvalue weighted by atomic mass is 19.4. The van der Waals surface area contributed by atoms with E-state index >= 15 is 0 Å². The van der Waals surface area contributed by atoms with E-state index in [1.54, 1.807) is 12.4 Å². The van der Waals surface area contributed by atoms with Gasteiger partial charge in [0.25, 0.3) is 0 Å². The number of aromatic nitrogens is 1. The Labute approximate surface area is 125 Å². The number of hydrogen-bond donors (Lipinski definition) is 2. The van der Waals surface area contributed by atoms with E-state index in [4.69, 9.17) is 5.73 Å². The highest BCUT2D eigenvalue weighted by Crippen LogP contribution is 2.29. The second-order valence-electron chi connectivity index (χ2n) is 5.07. The molecule has 2 heterocycles. The van der Waals surface area contributed by atoms with Gasteiger partial charge in [0.2, 0.25) is 0 Å². The predicted molar refractivity (Wildman–Crippen MR) is 77.7 cm³/mol. The second kappa shape index (κ2) is 5.36. The first kappa shape index (κ1) is 14.4. The molecular formula is C16H14F3N3. The molecule has 1 aromatic heterocycles. The van der Waals surface area contributed by atoms with Crippen LogP contribution in [0, 0.1) is 0 Å². The number of hydrogen-bond acceptors (Lipinski definition) is 3. The Morgan fingerprint density at radius 3 is 2.45 bits per heavy atom. The van der Waals surface area contributed by atoms with Crippen LogP contribution in [0.5, 0.6) is 0 Å². The molecule has 0 aliphatic carbocycles. The molecule has 0 spiro atoms. The minimum absolute atomic E-state index is 0.622. The number of pyridine rings is 1. The lowest BCUT2D eigenvalue weighted by Crippen LogP contribution is -2.33. The third kappa shape index (κ3) is 2.64. The largest absolute Gasteiger partial charge is 0.416 e. The van der Waals surface area contributed by atoms with Crippen LogP contribution in [0.1, 0.15) is 17.5 Å². The van der Waals surface area contributed by atoms with Crippen LogP contribution in [0.3, 0.4) is 0 Å². The lowest BCUT2D eigenvalue weighted by Gasteiger charge is -2.11. The molecule has 3 nitrogen and oxygen atoms in total. The highest BCUT2D eigenvalue weighted by Gasteiger charge is 2.30. The predicted octanol–water partition coefficient (Wildman–Crippen LogP) is 1.32. The van der Waals surface area contributed by atoms with Gasteiger partial charge < -0.3 is 11.1 Å². The topological polar surface area (TPSA) is 50.9 Å². The summed E-state index contributed by atoms with van der Waals surface area (Å²) >= 11 is 0. The molecule has 0 atom stereocenters. The van der Waals surface area contributed by atoms with E-state index < -0.39 is 11.7 Å². The van der Waals surface area contributed by atoms with E-state index in [0.29, 0.717) is 18.5 Å². The first-order valence-electron chi connectivity index (χ1n) is 6.81. The summed E-state index contributed by atoms with van der Waals surface area (Å²) in [5, 5.41) is 4.92. The number of nitrogens with one attached hydrogen (secondary N) is 1. The van der Waals surface area contributed by atoms with Gasteiger partial charge in [0.1, 0.15) is 0 Å². The maximum atomic E-state index is 12.7. The van der Waals surface area contributed by atoms with Gasteiger partial charge in [-0.05, 0) is 23.8 Å². The SMILES string of the molecule is NC1=c2cnccc2=C(c2ccc(C(F)(F)F)cc2)NCC1. The van der Waals surface area contributed by atoms with Gasteiger partial charge in [0.05, 0.1) is 5.56 Å². The van der Waals surface area contributed by atoms with E-state index in [0.717, 1.165) is 34.0 Å². The van der Waals surface area contributed by atoms with E-state index in [2.05, 4.69) is 10.3 Å². The van der Waals surface area contributed by atoms with Crippen molar-refractivity contribution in [1.82, 2.24) is 10.3 Å². The monoisotopic (exact) mass is 305 g/mol. The van der Waals surface area contributed by atoms with Crippen LogP contribution in [0.4, 0.5) is 13.2 Å². The molecule has 0 amide bonds. The Hall–Kier alpha value is -2.50. The Morgan fingerprint density at radius 2 is 1.77 bits per heavy atom. The Kier molecular flexibility index (Phi) is 3.52. The highest BCUT2D eigenvalue weighted by molar-refractivity contribution is 5.66. The molecule has 2 aromatic rings. The smallest absolute Gasteiger partial charge is 0.401 e. The molecule has 6 heteroatoms. The van der Waals surface area contributed by atoms with Crippen molar-refractivity contribution in [1.29, 1.82) is 0 Å². The van der Waals surface area contributed by atoms with Crippen LogP contribution in [0.25, 0.3) is 11.4 Å². The number of fused-ring (bicyclic) bond motifs is 1. The van der Waals surface area contributed by atoms with Gasteiger partial charge >= 0.3 is 6.18 Å². The summed E-state index contributed by atoms with van der Waals surface area (Å²) in [4.78, 5) is 4.07. The number of alkyl halides is 3. The summed E-state index contributed by atoms with van der Waals surface area (Å²) in [6.45, 7) is 0.622. The Morgan fingerprint density at radius 1 is 1.05 bits per heavy atom. The van der Waals surface area contributed by atoms with Gasteiger partial charge in [0.15, 0.2) is 0 Å². The summed E-state index contributed by atoms with van der Waals surface area (Å²) in [5.74, 6) is 0. The molecule has 0 saturated heterocycles. The molecule has 0 bridgehead atoms. The molecule has 1 aromatic carbocycles. The van der Waals surface area contributed by atoms with E-state index in [1.165, 1.54) is 12.1 Å². The normalized spacial score (nSPS) is 15.0. The van der Waals surface area contributed by atoms with Gasteiger partial charge in [-0.15, -0.1) is 0 Å². The first-order valence-corrected chi connectivity index (χ1v) is 6.81. The van der Waals surface area contributed by atoms with Crippen LogP contribution in [-0.4, -0.2) is 11.5 Å². The molecule has 0 unspecified atom stereocenters. The van der Waals surface area contributed by atoms with Crippen LogP contribution < -0.4 is 21.5 Å². The van der Waals surface area contributed by atoms with Gasteiger partial charge in [-0.1, -0.05) is 12.1 Å². The van der Waals surface area contributed by atoms with Gasteiger partial charge in [-0.2, -0.15) is 13.2 Å². The van der Waals surface area contributed by atoms with Crippen LogP contribution >= 0.6 is 0 Å². The summed E-state index contributed by atoms with van der Waals surface area (Å²) < 4.78 is 38.0. The molecule has 22 heavy (non-hydrogen) atoms. The molecule has 3 N–H and O–H groups in total. The molecule has 0 fully saturated rings. The van der Waals surface area contributed by atoms with Crippen molar-refractivity contribution in [2.75, 3.05) is 6.54 Å². The Balaban J connectivity index is 2.20. The van der Waals surface area contributed by atoms with Crippen molar-refractivity contribution in [3.8, 4) is 0 Å². The molecule has 3 rings (SSSR count). The van der Waals surface area contributed by atoms with Crippen molar-refractivity contribution in [2.24, 2.45) is 5.73 Å². The fraction of sp³-hybridized carbons (Fsp3) is 0.188. The maximum Gasteiger partial charge on any atom is 0.416 e. The number of nitrogens with zero attached hydrogens (tertiary/aromatic N) is 1. The minimum Gasteiger partial charge on any atom is -0.401 e. The molecular weight excluding hydrogens is 291 g/mol. The van der Waals surface area contributed by atoms with Crippen LogP contribution in [0.2, 0.25) is 0 Å². The lowest BCUT2D eigenvalue weighted by atomic mass is 10.1. The molecule has 1 aliphatic rings. The number of nitrogens with two attached hydrogens (primary N) is 1. The standard InChI is InChI=1S/C16H14F3N3/c17-16(18,19)11-3-1-10(2-4-11)15-12-5-7-21-9-13(12)14(20)6-8-22-15/h1-5,7,9,22H,6,8,20H2. The summed E-state index contributed by atoms with van der Waals surface area (Å²) in [6.07, 6.45) is -0.353. The van der Waals surface area contributed by atoms with Crippen molar-refractivity contribution in [3.05, 3.63) is 64.3 Å². The zero-order chi connectivity index (χ0) is 15.7. The average molecular weight is 305 g/mol. The van der Waals surface area contributed by atoms with Gasteiger partial charge in [0, 0.05) is 47.2 Å². The number of rotatable bonds is 1.